The van der Waals surface area contributed by atoms with E-state index in [1.54, 1.807) is 22.7 Å². The molecule has 6 heteroatoms. The molecular formula is C30H42O4S2. The fourth-order valence-electron chi connectivity index (χ4n) is 4.75. The van der Waals surface area contributed by atoms with Gasteiger partial charge in [0.2, 0.25) is 0 Å². The Morgan fingerprint density at radius 1 is 0.722 bits per heavy atom. The van der Waals surface area contributed by atoms with Crippen LogP contribution in [-0.2, 0) is 9.47 Å². The topological polar surface area (TPSA) is 52.6 Å². The minimum Gasteiger partial charge on any atom is -0.462 e. The van der Waals surface area contributed by atoms with Gasteiger partial charge >= 0.3 is 11.9 Å². The van der Waals surface area contributed by atoms with Crippen molar-refractivity contribution in [3.8, 4) is 0 Å². The molecule has 2 atom stereocenters. The lowest BCUT2D eigenvalue weighted by Gasteiger charge is -2.17. The van der Waals surface area contributed by atoms with Crippen LogP contribution in [0.2, 0.25) is 0 Å². The zero-order valence-electron chi connectivity index (χ0n) is 22.8. The molecule has 0 radical (unpaired) electrons. The highest BCUT2D eigenvalue weighted by molar-refractivity contribution is 7.21. The fourth-order valence-corrected chi connectivity index (χ4v) is 6.88. The van der Waals surface area contributed by atoms with E-state index >= 15 is 0 Å². The molecule has 0 spiro atoms. The van der Waals surface area contributed by atoms with Crippen molar-refractivity contribution in [3.63, 3.8) is 0 Å². The molecule has 0 aliphatic carbocycles. The van der Waals surface area contributed by atoms with Crippen molar-refractivity contribution in [2.24, 2.45) is 11.8 Å². The summed E-state index contributed by atoms with van der Waals surface area (Å²) in [6.45, 7) is 13.6. The molecular weight excluding hydrogens is 488 g/mol. The molecule has 0 amide bonds. The minimum absolute atomic E-state index is 0.287. The monoisotopic (exact) mass is 530 g/mol. The van der Waals surface area contributed by atoms with Crippen LogP contribution in [0, 0.1) is 25.7 Å². The van der Waals surface area contributed by atoms with Crippen molar-refractivity contribution >= 4 is 54.8 Å². The van der Waals surface area contributed by atoms with Gasteiger partial charge in [0, 0.05) is 20.5 Å². The molecule has 2 heterocycles. The van der Waals surface area contributed by atoms with Gasteiger partial charge in [-0.3, -0.25) is 0 Å². The Hall–Kier alpha value is -1.92. The van der Waals surface area contributed by atoms with Crippen LogP contribution in [0.4, 0.5) is 0 Å². The van der Waals surface area contributed by atoms with Gasteiger partial charge in [-0.25, -0.2) is 9.59 Å². The van der Waals surface area contributed by atoms with Gasteiger partial charge in [0.1, 0.15) is 0 Å². The minimum atomic E-state index is -0.287. The zero-order valence-corrected chi connectivity index (χ0v) is 24.5. The lowest BCUT2D eigenvalue weighted by Crippen LogP contribution is -2.16. The fraction of sp³-hybridized carbons (Fsp3) is 0.600. The smallest absolute Gasteiger partial charge is 0.340 e. The van der Waals surface area contributed by atoms with E-state index in [2.05, 4.69) is 27.7 Å². The number of hydrogen-bond acceptors (Lipinski definition) is 6. The van der Waals surface area contributed by atoms with Gasteiger partial charge < -0.3 is 9.47 Å². The molecule has 0 saturated carbocycles. The molecule has 0 aliphatic rings. The number of esters is 2. The van der Waals surface area contributed by atoms with Crippen molar-refractivity contribution in [1.82, 2.24) is 0 Å². The molecule has 36 heavy (non-hydrogen) atoms. The highest BCUT2D eigenvalue weighted by atomic mass is 32.1. The third-order valence-electron chi connectivity index (χ3n) is 7.10. The molecule has 1 aromatic carbocycles. The Kier molecular flexibility index (Phi) is 10.8. The third-order valence-corrected chi connectivity index (χ3v) is 9.23. The van der Waals surface area contributed by atoms with E-state index in [0.717, 1.165) is 81.3 Å². The predicted molar refractivity (Wildman–Crippen MR) is 154 cm³/mol. The summed E-state index contributed by atoms with van der Waals surface area (Å²) >= 11 is 3.11. The van der Waals surface area contributed by atoms with Crippen LogP contribution < -0.4 is 0 Å². The summed E-state index contributed by atoms with van der Waals surface area (Å²) in [5.74, 6) is 0.181. The molecule has 3 aromatic rings. The van der Waals surface area contributed by atoms with Crippen LogP contribution in [0.5, 0.6) is 0 Å². The second-order valence-corrected chi connectivity index (χ2v) is 12.5. The lowest BCUT2D eigenvalue weighted by atomic mass is 9.99. The molecule has 198 valence electrons. The van der Waals surface area contributed by atoms with Gasteiger partial charge in [-0.2, -0.15) is 0 Å². The van der Waals surface area contributed by atoms with E-state index in [1.165, 1.54) is 0 Å². The first kappa shape index (κ1) is 28.6. The molecule has 0 fully saturated rings. The van der Waals surface area contributed by atoms with Gasteiger partial charge in [-0.15, -0.1) is 22.7 Å². The van der Waals surface area contributed by atoms with Gasteiger partial charge in [0.05, 0.1) is 33.7 Å². The van der Waals surface area contributed by atoms with E-state index in [1.807, 2.05) is 26.0 Å². The highest BCUT2D eigenvalue weighted by Gasteiger charge is 2.28. The van der Waals surface area contributed by atoms with Gasteiger partial charge in [-0.05, 0) is 50.7 Å². The standard InChI is InChI=1S/C30H42O4S2/c1-7-11-13-21(9-3)17-33-29(31)25-23-15-19(5)36-28(23)26(24-16-20(6)35-27(24)25)30(32)34-18-22(10-4)14-12-8-2/h15-16,21-22H,7-14,17-18H2,1-6H3. The molecule has 0 N–H and O–H groups in total. The molecule has 0 aliphatic heterocycles. The van der Waals surface area contributed by atoms with Crippen LogP contribution in [0.3, 0.4) is 0 Å². The Morgan fingerprint density at radius 2 is 1.11 bits per heavy atom. The Balaban J connectivity index is 1.98. The maximum absolute atomic E-state index is 13.5. The quantitative estimate of drug-likeness (QED) is 0.195. The average molecular weight is 531 g/mol. The SMILES string of the molecule is CCCCC(CC)COC(=O)c1c2cc(C)sc2c(C(=O)OCC(CC)CCCC)c2cc(C)sc12. The lowest BCUT2D eigenvalue weighted by molar-refractivity contribution is 0.0421. The number of hydrogen-bond donors (Lipinski definition) is 0. The maximum Gasteiger partial charge on any atom is 0.340 e. The summed E-state index contributed by atoms with van der Waals surface area (Å²) in [6.07, 6.45) is 8.71. The molecule has 4 nitrogen and oxygen atoms in total. The highest BCUT2D eigenvalue weighted by Crippen LogP contribution is 2.42. The summed E-state index contributed by atoms with van der Waals surface area (Å²) in [5.41, 5.74) is 1.19. The van der Waals surface area contributed by atoms with E-state index < -0.39 is 0 Å². The third kappa shape index (κ3) is 6.69. The van der Waals surface area contributed by atoms with Gasteiger partial charge in [-0.1, -0.05) is 66.2 Å². The van der Waals surface area contributed by atoms with Crippen LogP contribution in [-0.4, -0.2) is 25.2 Å². The number of fused-ring (bicyclic) bond motifs is 2. The van der Waals surface area contributed by atoms with E-state index in [0.29, 0.717) is 36.2 Å². The molecule has 2 unspecified atom stereocenters. The van der Waals surface area contributed by atoms with E-state index in [9.17, 15) is 9.59 Å². The number of carbonyl (C=O) groups is 2. The normalized spacial score (nSPS) is 13.3. The molecule has 2 aromatic heterocycles. The van der Waals surface area contributed by atoms with Crippen molar-refractivity contribution in [2.75, 3.05) is 13.2 Å². The first-order valence-corrected chi connectivity index (χ1v) is 15.3. The number of unbranched alkanes of at least 4 members (excludes halogenated alkanes) is 2. The number of aryl methyl sites for hydroxylation is 2. The Morgan fingerprint density at radius 3 is 1.44 bits per heavy atom. The summed E-state index contributed by atoms with van der Waals surface area (Å²) in [4.78, 5) is 29.1. The second-order valence-electron chi connectivity index (χ2n) is 9.98. The number of rotatable bonds is 14. The first-order chi connectivity index (χ1) is 17.3. The van der Waals surface area contributed by atoms with Crippen LogP contribution in [0.1, 0.15) is 110 Å². The number of carbonyl (C=O) groups excluding carboxylic acids is 2. The van der Waals surface area contributed by atoms with Crippen molar-refractivity contribution in [1.29, 1.82) is 0 Å². The summed E-state index contributed by atoms with van der Waals surface area (Å²) in [5, 5.41) is 1.62. The van der Waals surface area contributed by atoms with E-state index in [4.69, 9.17) is 9.47 Å². The summed E-state index contributed by atoms with van der Waals surface area (Å²) in [7, 11) is 0. The van der Waals surface area contributed by atoms with Crippen LogP contribution >= 0.6 is 22.7 Å². The summed E-state index contributed by atoms with van der Waals surface area (Å²) < 4.78 is 13.5. The van der Waals surface area contributed by atoms with Crippen LogP contribution in [0.15, 0.2) is 12.1 Å². The van der Waals surface area contributed by atoms with Crippen molar-refractivity contribution in [3.05, 3.63) is 33.0 Å². The van der Waals surface area contributed by atoms with Gasteiger partial charge in [0.15, 0.2) is 0 Å². The maximum atomic E-state index is 13.5. The predicted octanol–water partition coefficient (Wildman–Crippen LogP) is 9.48. The first-order valence-electron chi connectivity index (χ1n) is 13.6. The van der Waals surface area contributed by atoms with Crippen LogP contribution in [0.25, 0.3) is 20.2 Å². The molecule has 3 rings (SSSR count). The number of thiophene rings is 2. The van der Waals surface area contributed by atoms with E-state index in [-0.39, 0.29) is 11.9 Å². The Labute approximate surface area is 224 Å². The van der Waals surface area contributed by atoms with Gasteiger partial charge in [0.25, 0.3) is 0 Å². The number of benzene rings is 1. The van der Waals surface area contributed by atoms with Crippen molar-refractivity contribution in [2.45, 2.75) is 92.9 Å². The average Bonchev–Trinajstić information content (AvgIpc) is 3.43. The number of ether oxygens (including phenoxy) is 2. The largest absolute Gasteiger partial charge is 0.462 e. The Bertz CT molecular complexity index is 1030. The molecule has 0 saturated heterocycles. The zero-order chi connectivity index (χ0) is 26.2. The second kappa shape index (κ2) is 13.6. The molecule has 0 bridgehead atoms. The summed E-state index contributed by atoms with van der Waals surface area (Å²) in [6, 6.07) is 4.04. The van der Waals surface area contributed by atoms with Crippen molar-refractivity contribution < 1.29 is 19.1 Å².